The van der Waals surface area contributed by atoms with Crippen LogP contribution in [0.2, 0.25) is 0 Å². The van der Waals surface area contributed by atoms with E-state index < -0.39 is 0 Å². The molecule has 27 heavy (non-hydrogen) atoms. The highest BCUT2D eigenvalue weighted by atomic mass is 32.1. The van der Waals surface area contributed by atoms with Crippen LogP contribution in [-0.4, -0.2) is 41.8 Å². The third kappa shape index (κ3) is 4.24. The fourth-order valence-electron chi connectivity index (χ4n) is 3.80. The van der Waals surface area contributed by atoms with Crippen LogP contribution >= 0.6 is 11.3 Å². The summed E-state index contributed by atoms with van der Waals surface area (Å²) >= 11 is 1.77. The van der Waals surface area contributed by atoms with Crippen molar-refractivity contribution in [3.63, 3.8) is 0 Å². The normalized spacial score (nSPS) is 17.3. The molecular formula is C22H28N2O2S. The molecule has 144 valence electrons. The van der Waals surface area contributed by atoms with E-state index >= 15 is 0 Å². The molecule has 1 aliphatic heterocycles. The average molecular weight is 385 g/mol. The van der Waals surface area contributed by atoms with Crippen LogP contribution in [0.15, 0.2) is 41.8 Å². The first-order chi connectivity index (χ1) is 13.0. The van der Waals surface area contributed by atoms with Gasteiger partial charge in [0.15, 0.2) is 0 Å². The largest absolute Gasteiger partial charge is 0.346 e. The lowest BCUT2D eigenvalue weighted by atomic mass is 9.91. The summed E-state index contributed by atoms with van der Waals surface area (Å²) in [6.07, 6.45) is 2.08. The van der Waals surface area contributed by atoms with Crippen molar-refractivity contribution in [1.82, 2.24) is 9.80 Å². The Kier molecular flexibility index (Phi) is 6.32. The molecule has 5 heteroatoms. The van der Waals surface area contributed by atoms with E-state index in [2.05, 4.69) is 30.5 Å². The van der Waals surface area contributed by atoms with Crippen molar-refractivity contribution >= 4 is 23.2 Å². The van der Waals surface area contributed by atoms with Crippen molar-refractivity contribution < 1.29 is 9.59 Å². The van der Waals surface area contributed by atoms with Gasteiger partial charge in [-0.2, -0.15) is 0 Å². The Morgan fingerprint density at radius 1 is 1.26 bits per heavy atom. The van der Waals surface area contributed by atoms with E-state index in [1.807, 2.05) is 37.1 Å². The maximum atomic E-state index is 13.3. The van der Waals surface area contributed by atoms with Gasteiger partial charge in [-0.15, -0.1) is 11.3 Å². The molecule has 2 unspecified atom stereocenters. The Morgan fingerprint density at radius 2 is 2.00 bits per heavy atom. The molecule has 0 aliphatic carbocycles. The molecule has 0 N–H and O–H groups in total. The van der Waals surface area contributed by atoms with Gasteiger partial charge in [0, 0.05) is 37.4 Å². The molecule has 0 saturated heterocycles. The summed E-state index contributed by atoms with van der Waals surface area (Å²) in [5, 5.41) is 2.11. The quantitative estimate of drug-likeness (QED) is 0.752. The Hall–Kier alpha value is -2.14. The smallest absolute Gasteiger partial charge is 0.226 e. The van der Waals surface area contributed by atoms with Crippen molar-refractivity contribution in [1.29, 1.82) is 0 Å². The van der Waals surface area contributed by atoms with E-state index in [0.717, 1.165) is 24.9 Å². The van der Waals surface area contributed by atoms with Crippen LogP contribution < -0.4 is 0 Å². The molecule has 0 spiro atoms. The monoisotopic (exact) mass is 384 g/mol. The molecule has 2 aromatic rings. The maximum absolute atomic E-state index is 13.3. The molecule has 1 aromatic heterocycles. The topological polar surface area (TPSA) is 40.6 Å². The molecule has 0 radical (unpaired) electrons. The van der Waals surface area contributed by atoms with Crippen molar-refractivity contribution in [3.8, 4) is 0 Å². The van der Waals surface area contributed by atoms with Crippen molar-refractivity contribution in [2.45, 2.75) is 39.2 Å². The highest BCUT2D eigenvalue weighted by molar-refractivity contribution is 7.10. The van der Waals surface area contributed by atoms with Crippen LogP contribution in [-0.2, 0) is 16.0 Å². The van der Waals surface area contributed by atoms with Crippen molar-refractivity contribution in [3.05, 3.63) is 57.8 Å². The summed E-state index contributed by atoms with van der Waals surface area (Å²) < 4.78 is 0. The van der Waals surface area contributed by atoms with E-state index in [0.29, 0.717) is 6.54 Å². The molecule has 1 aromatic carbocycles. The number of amides is 2. The van der Waals surface area contributed by atoms with Gasteiger partial charge < -0.3 is 9.80 Å². The molecule has 2 heterocycles. The second kappa shape index (κ2) is 8.70. The van der Waals surface area contributed by atoms with Gasteiger partial charge in [-0.3, -0.25) is 9.59 Å². The number of hydrogen-bond acceptors (Lipinski definition) is 3. The SMILES string of the molecule is CCCN(C)C(=O)CC(C)C(=O)N1CCc2sccc2C1c1ccccc1. The number of thiophene rings is 1. The molecule has 3 rings (SSSR count). The number of benzene rings is 1. The Bertz CT molecular complexity index is 787. The van der Waals surface area contributed by atoms with Crippen LogP contribution in [0.3, 0.4) is 0 Å². The summed E-state index contributed by atoms with van der Waals surface area (Å²) in [5.41, 5.74) is 2.36. The highest BCUT2D eigenvalue weighted by Crippen LogP contribution is 2.38. The molecule has 0 bridgehead atoms. The van der Waals surface area contributed by atoms with Crippen LogP contribution in [0.4, 0.5) is 0 Å². The van der Waals surface area contributed by atoms with Gasteiger partial charge in [-0.1, -0.05) is 44.2 Å². The first-order valence-electron chi connectivity index (χ1n) is 9.68. The van der Waals surface area contributed by atoms with E-state index in [1.165, 1.54) is 10.4 Å². The van der Waals surface area contributed by atoms with Gasteiger partial charge >= 0.3 is 0 Å². The zero-order chi connectivity index (χ0) is 19.4. The minimum absolute atomic E-state index is 0.0437. The zero-order valence-electron chi connectivity index (χ0n) is 16.4. The van der Waals surface area contributed by atoms with Crippen molar-refractivity contribution in [2.24, 2.45) is 5.92 Å². The summed E-state index contributed by atoms with van der Waals surface area (Å²) in [6.45, 7) is 5.36. The number of carbonyl (C=O) groups excluding carboxylic acids is 2. The minimum Gasteiger partial charge on any atom is -0.346 e. The molecule has 0 fully saturated rings. The third-order valence-corrected chi connectivity index (χ3v) is 6.25. The molecule has 4 nitrogen and oxygen atoms in total. The van der Waals surface area contributed by atoms with E-state index in [9.17, 15) is 9.59 Å². The second-order valence-corrected chi connectivity index (χ2v) is 8.32. The predicted molar refractivity (Wildman–Crippen MR) is 110 cm³/mol. The number of rotatable bonds is 6. The molecule has 2 amide bonds. The number of nitrogens with zero attached hydrogens (tertiary/aromatic N) is 2. The lowest BCUT2D eigenvalue weighted by Crippen LogP contribution is -2.43. The Labute approximate surface area is 165 Å². The molecule has 2 atom stereocenters. The predicted octanol–water partition coefficient (Wildman–Crippen LogP) is 4.12. The first kappa shape index (κ1) is 19.6. The van der Waals surface area contributed by atoms with Gasteiger partial charge in [0.2, 0.25) is 11.8 Å². The van der Waals surface area contributed by atoms with Crippen LogP contribution in [0, 0.1) is 5.92 Å². The number of fused-ring (bicyclic) bond motifs is 1. The lowest BCUT2D eigenvalue weighted by molar-refractivity contribution is -0.141. The van der Waals surface area contributed by atoms with Gasteiger partial charge in [-0.25, -0.2) is 0 Å². The van der Waals surface area contributed by atoms with Crippen molar-refractivity contribution in [2.75, 3.05) is 20.1 Å². The highest BCUT2D eigenvalue weighted by Gasteiger charge is 2.35. The fourth-order valence-corrected chi connectivity index (χ4v) is 4.70. The molecular weight excluding hydrogens is 356 g/mol. The molecule has 1 aliphatic rings. The fraction of sp³-hybridized carbons (Fsp3) is 0.455. The van der Waals surface area contributed by atoms with E-state index in [-0.39, 0.29) is 30.2 Å². The second-order valence-electron chi connectivity index (χ2n) is 7.31. The van der Waals surface area contributed by atoms with Gasteiger partial charge in [0.1, 0.15) is 0 Å². The summed E-state index contributed by atoms with van der Waals surface area (Å²) in [6, 6.07) is 12.3. The molecule has 0 saturated carbocycles. The van der Waals surface area contributed by atoms with Gasteiger partial charge in [0.25, 0.3) is 0 Å². The zero-order valence-corrected chi connectivity index (χ0v) is 17.2. The van der Waals surface area contributed by atoms with Gasteiger partial charge in [0.05, 0.1) is 6.04 Å². The average Bonchev–Trinajstić information content (AvgIpc) is 3.16. The Balaban J connectivity index is 1.81. The van der Waals surface area contributed by atoms with Gasteiger partial charge in [-0.05, 0) is 35.4 Å². The van der Waals surface area contributed by atoms with Crippen LogP contribution in [0.5, 0.6) is 0 Å². The maximum Gasteiger partial charge on any atom is 0.226 e. The minimum atomic E-state index is -0.316. The lowest BCUT2D eigenvalue weighted by Gasteiger charge is -2.38. The number of hydrogen-bond donors (Lipinski definition) is 0. The summed E-state index contributed by atoms with van der Waals surface area (Å²) in [4.78, 5) is 30.7. The van der Waals surface area contributed by atoms with Crippen LogP contribution in [0.25, 0.3) is 0 Å². The third-order valence-electron chi connectivity index (χ3n) is 5.25. The first-order valence-corrected chi connectivity index (χ1v) is 10.6. The summed E-state index contributed by atoms with van der Waals surface area (Å²) in [7, 11) is 1.81. The van der Waals surface area contributed by atoms with E-state index in [1.54, 1.807) is 16.2 Å². The summed E-state index contributed by atoms with van der Waals surface area (Å²) in [5.74, 6) is -0.204. The van der Waals surface area contributed by atoms with Crippen LogP contribution in [0.1, 0.15) is 48.7 Å². The van der Waals surface area contributed by atoms with E-state index in [4.69, 9.17) is 0 Å². The number of carbonyl (C=O) groups is 2. The Morgan fingerprint density at radius 3 is 2.70 bits per heavy atom. The standard InChI is InChI=1S/C22H28N2O2S/c1-4-12-23(3)20(25)15-16(2)22(26)24-13-10-19-18(11-14-27-19)21(24)17-8-6-5-7-9-17/h5-9,11,14,16,21H,4,10,12-13,15H2,1-3H3.